The molecule has 4 unspecified atom stereocenters. The summed E-state index contributed by atoms with van der Waals surface area (Å²) in [7, 11) is 1.32. The van der Waals surface area contributed by atoms with Crippen LogP contribution in [-0.2, 0) is 20.7 Å². The number of carbonyl (C=O) groups excluding carboxylic acids is 3. The minimum absolute atomic E-state index is 0. The largest absolute Gasteiger partial charge is 0.507 e. The first-order chi connectivity index (χ1) is 20.0. The summed E-state index contributed by atoms with van der Waals surface area (Å²) in [6.45, 7) is 0.565. The maximum absolute atomic E-state index is 13.7. The highest BCUT2D eigenvalue weighted by Crippen LogP contribution is 2.52. The van der Waals surface area contributed by atoms with Crippen molar-refractivity contribution in [3.8, 4) is 17.2 Å². The van der Waals surface area contributed by atoms with Crippen LogP contribution in [0.4, 0.5) is 0 Å². The van der Waals surface area contributed by atoms with Crippen LogP contribution < -0.4 is 10.1 Å². The lowest BCUT2D eigenvalue weighted by Gasteiger charge is -2.43. The average Bonchev–Trinajstić information content (AvgIpc) is 2.97. The number of Topliss-reactive ketones (excluding diaryl/α,β-unsaturated/α-hetero) is 1. The molecule has 0 bridgehead atoms. The Labute approximate surface area is 252 Å². The maximum Gasteiger partial charge on any atom is 0.202 e. The molecule has 234 valence electrons. The molecule has 7 N–H and O–H groups in total. The second-order valence-corrected chi connectivity index (χ2v) is 10.8. The van der Waals surface area contributed by atoms with E-state index in [1.165, 1.54) is 25.3 Å². The van der Waals surface area contributed by atoms with Gasteiger partial charge in [0.25, 0.3) is 0 Å². The number of aliphatic hydroxyl groups excluding tert-OH is 3. The molecule has 2 aromatic carbocycles. The first kappa shape index (κ1) is 32.8. The van der Waals surface area contributed by atoms with Crippen LogP contribution in [0.2, 0.25) is 0 Å². The molecule has 14 heteroatoms. The first-order valence-electron chi connectivity index (χ1n) is 13.5. The van der Waals surface area contributed by atoms with Crippen LogP contribution in [0.3, 0.4) is 0 Å². The number of benzene rings is 2. The predicted molar refractivity (Wildman–Crippen MR) is 150 cm³/mol. The summed E-state index contributed by atoms with van der Waals surface area (Å²) < 4.78 is 17.2. The van der Waals surface area contributed by atoms with Crippen molar-refractivity contribution in [2.45, 2.75) is 62.4 Å². The molecule has 0 amide bonds. The number of carbonyl (C=O) groups is 3. The van der Waals surface area contributed by atoms with E-state index < -0.39 is 95.7 Å². The Morgan fingerprint density at radius 1 is 1.12 bits per heavy atom. The van der Waals surface area contributed by atoms with E-state index in [1.807, 2.05) is 0 Å². The topological polar surface area (TPSA) is 212 Å². The number of aliphatic hydroxyl groups is 4. The molecule has 0 aromatic heterocycles. The molecule has 43 heavy (non-hydrogen) atoms. The first-order valence-corrected chi connectivity index (χ1v) is 13.5. The third-order valence-corrected chi connectivity index (χ3v) is 8.28. The predicted octanol–water partition coefficient (Wildman–Crippen LogP) is 0.0463. The van der Waals surface area contributed by atoms with Gasteiger partial charge in [-0.15, -0.1) is 12.4 Å². The zero-order valence-electron chi connectivity index (χ0n) is 23.4. The quantitative estimate of drug-likeness (QED) is 0.165. The Hall–Kier alpha value is -3.14. The summed E-state index contributed by atoms with van der Waals surface area (Å²) >= 11 is 0. The molecular formula is C29H34ClNO12. The van der Waals surface area contributed by atoms with Gasteiger partial charge in [0.15, 0.2) is 17.9 Å². The van der Waals surface area contributed by atoms with E-state index in [0.717, 1.165) is 0 Å². The number of rotatable bonds is 8. The fourth-order valence-electron chi connectivity index (χ4n) is 6.17. The molecule has 0 saturated carbocycles. The molecule has 1 saturated heterocycles. The van der Waals surface area contributed by atoms with Gasteiger partial charge in [-0.2, -0.15) is 0 Å². The second-order valence-electron chi connectivity index (χ2n) is 10.8. The molecule has 0 radical (unpaired) electrons. The Bertz CT molecular complexity index is 1450. The zero-order valence-corrected chi connectivity index (χ0v) is 24.2. The smallest absolute Gasteiger partial charge is 0.202 e. The standard InChI is InChI=1S/C29H33NO12.ClH/c1-12-24(34)15(30-6-7-31)8-19(41-12)42-17-10-29(39,18(33)11-32)9-14-21(17)28(38)23-22(26(14)36)25(35)13-4-3-5-16(40-2)20(13)27(23)37;/h3-5,12,15,17,19,24,30-32,34,36,38-39H,6-11H2,1-2H3;1H/t12?,15?,17-,19?,24?,29-;/m0./s1. The minimum atomic E-state index is -2.26. The molecule has 5 rings (SSSR count). The van der Waals surface area contributed by atoms with Gasteiger partial charge in [0.05, 0.1) is 48.7 Å². The van der Waals surface area contributed by atoms with Gasteiger partial charge in [0.2, 0.25) is 5.78 Å². The van der Waals surface area contributed by atoms with E-state index in [-0.39, 0.29) is 60.0 Å². The van der Waals surface area contributed by atoms with E-state index in [4.69, 9.17) is 14.2 Å². The number of hydrogen-bond acceptors (Lipinski definition) is 13. The minimum Gasteiger partial charge on any atom is -0.507 e. The number of aromatic hydroxyl groups is 2. The highest BCUT2D eigenvalue weighted by Gasteiger charge is 2.50. The summed E-state index contributed by atoms with van der Waals surface area (Å²) in [6.07, 6.45) is -5.14. The number of halogens is 1. The highest BCUT2D eigenvalue weighted by molar-refractivity contribution is 6.31. The van der Waals surface area contributed by atoms with Gasteiger partial charge in [-0.05, 0) is 13.0 Å². The Kier molecular flexibility index (Phi) is 9.50. The summed E-state index contributed by atoms with van der Waals surface area (Å²) in [5, 5.41) is 66.6. The summed E-state index contributed by atoms with van der Waals surface area (Å²) in [6, 6.07) is 3.79. The summed E-state index contributed by atoms with van der Waals surface area (Å²) in [5.74, 6) is -3.82. The van der Waals surface area contributed by atoms with Crippen molar-refractivity contribution < 1.29 is 59.2 Å². The molecule has 1 heterocycles. The van der Waals surface area contributed by atoms with Gasteiger partial charge in [-0.25, -0.2) is 0 Å². The number of hydrogen-bond donors (Lipinski definition) is 7. The van der Waals surface area contributed by atoms with Crippen LogP contribution in [0.25, 0.3) is 0 Å². The fourth-order valence-corrected chi connectivity index (χ4v) is 6.17. The molecule has 13 nitrogen and oxygen atoms in total. The number of methoxy groups -OCH3 is 1. The van der Waals surface area contributed by atoms with Crippen LogP contribution in [0.5, 0.6) is 17.2 Å². The van der Waals surface area contributed by atoms with E-state index in [2.05, 4.69) is 5.32 Å². The molecule has 2 aliphatic carbocycles. The van der Waals surface area contributed by atoms with Gasteiger partial charge < -0.3 is 50.2 Å². The number of fused-ring (bicyclic) bond motifs is 3. The van der Waals surface area contributed by atoms with Crippen molar-refractivity contribution in [1.82, 2.24) is 5.32 Å². The highest BCUT2D eigenvalue weighted by atomic mass is 35.5. The average molecular weight is 624 g/mol. The normalized spacial score (nSPS) is 27.9. The van der Waals surface area contributed by atoms with Crippen molar-refractivity contribution in [2.75, 3.05) is 26.9 Å². The second kappa shape index (κ2) is 12.5. The van der Waals surface area contributed by atoms with Crippen LogP contribution >= 0.6 is 12.4 Å². The monoisotopic (exact) mass is 623 g/mol. The zero-order chi connectivity index (χ0) is 30.5. The van der Waals surface area contributed by atoms with Crippen LogP contribution in [0, 0.1) is 0 Å². The third-order valence-electron chi connectivity index (χ3n) is 8.28. The summed E-state index contributed by atoms with van der Waals surface area (Å²) in [4.78, 5) is 40.0. The third kappa shape index (κ3) is 5.40. The molecule has 3 aliphatic rings. The van der Waals surface area contributed by atoms with Gasteiger partial charge in [-0.3, -0.25) is 14.4 Å². The lowest BCUT2D eigenvalue weighted by molar-refractivity contribution is -0.249. The van der Waals surface area contributed by atoms with Crippen molar-refractivity contribution in [1.29, 1.82) is 0 Å². The Morgan fingerprint density at radius 2 is 1.81 bits per heavy atom. The fraction of sp³-hybridized carbons (Fsp3) is 0.483. The summed E-state index contributed by atoms with van der Waals surface area (Å²) in [5.41, 5.74) is -3.70. The van der Waals surface area contributed by atoms with E-state index in [1.54, 1.807) is 6.92 Å². The number of ketones is 3. The number of nitrogens with one attached hydrogen (secondary N) is 1. The SMILES string of the molecule is COc1cccc2c1C(=O)c1c(O)c3c(c(O)c1C2=O)C[C@@](O)(C(=O)CO)C[C@@H]3OC1CC(NCCO)C(O)C(C)O1.Cl. The van der Waals surface area contributed by atoms with Gasteiger partial charge in [0.1, 0.15) is 29.5 Å². The van der Waals surface area contributed by atoms with Crippen molar-refractivity contribution in [3.63, 3.8) is 0 Å². The van der Waals surface area contributed by atoms with Gasteiger partial charge in [0, 0.05) is 48.5 Å². The Balaban J connectivity index is 0.00000423. The van der Waals surface area contributed by atoms with Gasteiger partial charge >= 0.3 is 0 Å². The number of ether oxygens (including phenoxy) is 3. The van der Waals surface area contributed by atoms with E-state index in [9.17, 15) is 45.0 Å². The molecule has 6 atom stereocenters. The van der Waals surface area contributed by atoms with Crippen LogP contribution in [0.1, 0.15) is 68.8 Å². The lowest BCUT2D eigenvalue weighted by atomic mass is 9.72. The molecule has 1 fully saturated rings. The van der Waals surface area contributed by atoms with Crippen molar-refractivity contribution in [2.24, 2.45) is 0 Å². The number of phenolic OH excluding ortho intramolecular Hbond substituents is 2. The molecular weight excluding hydrogens is 590 g/mol. The van der Waals surface area contributed by atoms with Gasteiger partial charge in [-0.1, -0.05) is 12.1 Å². The van der Waals surface area contributed by atoms with E-state index >= 15 is 0 Å². The van der Waals surface area contributed by atoms with Crippen LogP contribution in [0.15, 0.2) is 18.2 Å². The molecule has 1 aliphatic heterocycles. The maximum atomic E-state index is 13.7. The van der Waals surface area contributed by atoms with Crippen LogP contribution in [-0.4, -0.2) is 105 Å². The number of phenols is 2. The van der Waals surface area contributed by atoms with Crippen molar-refractivity contribution >= 4 is 29.8 Å². The Morgan fingerprint density at radius 3 is 2.47 bits per heavy atom. The van der Waals surface area contributed by atoms with E-state index in [0.29, 0.717) is 0 Å². The van der Waals surface area contributed by atoms with Crippen molar-refractivity contribution in [3.05, 3.63) is 51.6 Å². The molecule has 2 aromatic rings. The molecule has 0 spiro atoms. The lowest BCUT2D eigenvalue weighted by Crippen LogP contribution is -2.55.